The van der Waals surface area contributed by atoms with Gasteiger partial charge in [-0.1, -0.05) is 24.3 Å². The Bertz CT molecular complexity index is 1000. The summed E-state index contributed by atoms with van der Waals surface area (Å²) in [7, 11) is 0. The number of nitro groups is 1. The fourth-order valence-corrected chi connectivity index (χ4v) is 4.07. The van der Waals surface area contributed by atoms with Crippen molar-refractivity contribution in [3.05, 3.63) is 74.2 Å². The van der Waals surface area contributed by atoms with Crippen molar-refractivity contribution in [2.75, 3.05) is 0 Å². The predicted molar refractivity (Wildman–Crippen MR) is 104 cm³/mol. The molecule has 2 aromatic rings. The average Bonchev–Trinajstić information content (AvgIpc) is 3.20. The minimum absolute atomic E-state index is 0.0639. The summed E-state index contributed by atoms with van der Waals surface area (Å²) in [5.74, 6) is -0.0639. The van der Waals surface area contributed by atoms with Crippen molar-refractivity contribution in [2.24, 2.45) is 10.9 Å². The Kier molecular flexibility index (Phi) is 4.11. The lowest BCUT2D eigenvalue weighted by molar-refractivity contribution is -0.418. The summed E-state index contributed by atoms with van der Waals surface area (Å²) in [6.07, 6.45) is 4.49. The molecular weight excluding hydrogens is 396 g/mol. The van der Waals surface area contributed by atoms with Crippen molar-refractivity contribution >= 4 is 32.9 Å². The van der Waals surface area contributed by atoms with Gasteiger partial charge in [0.15, 0.2) is 0 Å². The van der Waals surface area contributed by atoms with Crippen LogP contribution in [-0.4, -0.2) is 20.4 Å². The Morgan fingerprint density at radius 1 is 1.31 bits per heavy atom. The van der Waals surface area contributed by atoms with E-state index in [0.29, 0.717) is 22.5 Å². The van der Waals surface area contributed by atoms with Gasteiger partial charge in [0.05, 0.1) is 32.1 Å². The summed E-state index contributed by atoms with van der Waals surface area (Å²) in [5, 5.41) is 16.3. The molecule has 6 nitrogen and oxygen atoms in total. The number of hydrogen-bond donors (Lipinski definition) is 0. The van der Waals surface area contributed by atoms with Crippen molar-refractivity contribution < 1.29 is 4.92 Å². The van der Waals surface area contributed by atoms with Crippen LogP contribution in [-0.2, 0) is 6.42 Å². The number of para-hydroxylation sites is 1. The molecule has 1 atom stereocenters. The molecule has 4 rings (SSSR count). The van der Waals surface area contributed by atoms with Gasteiger partial charge in [0.1, 0.15) is 0 Å². The molecule has 2 heterocycles. The highest BCUT2D eigenvalue weighted by Gasteiger charge is 2.39. The van der Waals surface area contributed by atoms with Crippen LogP contribution in [0.1, 0.15) is 31.1 Å². The van der Waals surface area contributed by atoms with Crippen LogP contribution in [0.3, 0.4) is 0 Å². The number of aromatic nitrogens is 2. The number of fused-ring (bicyclic) bond motifs is 3. The molecule has 1 aromatic carbocycles. The monoisotopic (exact) mass is 412 g/mol. The third-order valence-corrected chi connectivity index (χ3v) is 5.28. The fourth-order valence-electron chi connectivity index (χ4n) is 3.41. The third-order valence-electron chi connectivity index (χ3n) is 4.64. The number of halogens is 1. The van der Waals surface area contributed by atoms with Gasteiger partial charge in [-0.3, -0.25) is 19.8 Å². The lowest BCUT2D eigenvalue weighted by atomic mass is 9.85. The van der Waals surface area contributed by atoms with Gasteiger partial charge in [0.2, 0.25) is 0 Å². The van der Waals surface area contributed by atoms with E-state index in [-0.39, 0.29) is 16.5 Å². The maximum atomic E-state index is 11.7. The number of aliphatic imine (C=N–C) groups is 1. The summed E-state index contributed by atoms with van der Waals surface area (Å²) < 4.78 is 2.42. The van der Waals surface area contributed by atoms with E-state index in [4.69, 9.17) is 4.99 Å². The van der Waals surface area contributed by atoms with E-state index < -0.39 is 0 Å². The Morgan fingerprint density at radius 3 is 2.77 bits per heavy atom. The largest absolute Gasteiger partial charge is 0.292 e. The first-order valence-corrected chi connectivity index (χ1v) is 9.23. The van der Waals surface area contributed by atoms with Crippen molar-refractivity contribution in [1.82, 2.24) is 9.78 Å². The molecule has 1 aromatic heterocycles. The van der Waals surface area contributed by atoms with E-state index in [2.05, 4.69) is 34.9 Å². The van der Waals surface area contributed by atoms with Gasteiger partial charge >= 0.3 is 0 Å². The maximum absolute atomic E-state index is 11.7. The molecule has 132 valence electrons. The van der Waals surface area contributed by atoms with Gasteiger partial charge in [-0.05, 0) is 41.9 Å². The molecule has 0 N–H and O–H groups in total. The van der Waals surface area contributed by atoms with E-state index in [1.807, 2.05) is 47.3 Å². The van der Waals surface area contributed by atoms with E-state index in [0.717, 1.165) is 22.7 Å². The minimum atomic E-state index is -0.336. The molecule has 26 heavy (non-hydrogen) atoms. The molecule has 1 aliphatic carbocycles. The summed E-state index contributed by atoms with van der Waals surface area (Å²) in [6.45, 7) is 4.16. The zero-order chi connectivity index (χ0) is 18.4. The van der Waals surface area contributed by atoms with Crippen LogP contribution in [0, 0.1) is 16.0 Å². The highest BCUT2D eigenvalue weighted by Crippen LogP contribution is 2.45. The van der Waals surface area contributed by atoms with Crippen LogP contribution in [0.2, 0.25) is 0 Å². The van der Waals surface area contributed by atoms with Gasteiger partial charge in [-0.25, -0.2) is 0 Å². The number of nitrogens with zero attached hydrogens (tertiary/aromatic N) is 4. The number of rotatable bonds is 4. The second-order valence-corrected chi connectivity index (χ2v) is 7.56. The van der Waals surface area contributed by atoms with Crippen LogP contribution in [0.5, 0.6) is 0 Å². The lowest BCUT2D eigenvalue weighted by Gasteiger charge is -2.19. The Morgan fingerprint density at radius 2 is 2.08 bits per heavy atom. The predicted octanol–water partition coefficient (Wildman–Crippen LogP) is 4.69. The summed E-state index contributed by atoms with van der Waals surface area (Å²) >= 11 is 3.41. The van der Waals surface area contributed by atoms with Crippen LogP contribution in [0.15, 0.2) is 57.8 Å². The third kappa shape index (κ3) is 2.72. The SMILES string of the molecule is CC(C)n1ccc(CC2C=C(Br)C([N+](=O)[O-])=C3C2=Nc2ccccc23)n1. The molecule has 1 aliphatic heterocycles. The summed E-state index contributed by atoms with van der Waals surface area (Å²) in [4.78, 5) is 16.0. The van der Waals surface area contributed by atoms with Crippen molar-refractivity contribution in [3.8, 4) is 0 Å². The molecule has 0 saturated carbocycles. The molecule has 0 radical (unpaired) electrons. The first-order chi connectivity index (χ1) is 12.5. The molecule has 0 saturated heterocycles. The first-order valence-electron chi connectivity index (χ1n) is 8.44. The highest BCUT2D eigenvalue weighted by molar-refractivity contribution is 9.12. The van der Waals surface area contributed by atoms with Crippen LogP contribution in [0.25, 0.3) is 5.57 Å². The van der Waals surface area contributed by atoms with Crippen LogP contribution >= 0.6 is 15.9 Å². The second kappa shape index (κ2) is 6.32. The molecule has 2 aliphatic rings. The zero-order valence-corrected chi connectivity index (χ0v) is 16.0. The normalized spacial score (nSPS) is 18.5. The number of benzene rings is 1. The van der Waals surface area contributed by atoms with Gasteiger partial charge in [0.25, 0.3) is 5.70 Å². The van der Waals surface area contributed by atoms with Gasteiger partial charge in [0, 0.05) is 30.1 Å². The first kappa shape index (κ1) is 16.9. The molecule has 0 fully saturated rings. The molecule has 0 bridgehead atoms. The van der Waals surface area contributed by atoms with Crippen LogP contribution in [0.4, 0.5) is 5.69 Å². The number of hydrogen-bond acceptors (Lipinski definition) is 4. The summed E-state index contributed by atoms with van der Waals surface area (Å²) in [5.41, 5.74) is 4.00. The lowest BCUT2D eigenvalue weighted by Crippen LogP contribution is -2.22. The topological polar surface area (TPSA) is 73.3 Å². The standard InChI is InChI=1S/C19H17BrN4O2/c1-11(2)23-8-7-13(22-23)9-12-10-15(20)19(24(25)26)17-14-5-3-4-6-16(14)21-18(12)17/h3-8,10-12H,9H2,1-2H3. The smallest absolute Gasteiger partial charge is 0.270 e. The zero-order valence-electron chi connectivity index (χ0n) is 14.4. The summed E-state index contributed by atoms with van der Waals surface area (Å²) in [6, 6.07) is 9.85. The van der Waals surface area contributed by atoms with E-state index in [1.54, 1.807) is 0 Å². The maximum Gasteiger partial charge on any atom is 0.292 e. The van der Waals surface area contributed by atoms with Gasteiger partial charge in [-0.2, -0.15) is 5.10 Å². The fraction of sp³-hybridized carbons (Fsp3) is 0.263. The molecule has 0 amide bonds. The van der Waals surface area contributed by atoms with E-state index >= 15 is 0 Å². The Labute approximate surface area is 159 Å². The number of allylic oxidation sites excluding steroid dienone is 3. The molecular formula is C19H17BrN4O2. The Balaban J connectivity index is 1.77. The molecule has 1 unspecified atom stereocenters. The quantitative estimate of drug-likeness (QED) is 0.539. The molecule has 7 heteroatoms. The van der Waals surface area contributed by atoms with Crippen molar-refractivity contribution in [2.45, 2.75) is 26.3 Å². The van der Waals surface area contributed by atoms with Crippen molar-refractivity contribution in [1.29, 1.82) is 0 Å². The Hall–Kier alpha value is -2.54. The molecule has 0 spiro atoms. The second-order valence-electron chi connectivity index (χ2n) is 6.70. The highest BCUT2D eigenvalue weighted by atomic mass is 79.9. The minimum Gasteiger partial charge on any atom is -0.270 e. The van der Waals surface area contributed by atoms with Gasteiger partial charge < -0.3 is 0 Å². The van der Waals surface area contributed by atoms with Gasteiger partial charge in [-0.15, -0.1) is 0 Å². The van der Waals surface area contributed by atoms with Crippen LogP contribution < -0.4 is 0 Å². The van der Waals surface area contributed by atoms with E-state index in [9.17, 15) is 10.1 Å². The van der Waals surface area contributed by atoms with Crippen molar-refractivity contribution in [3.63, 3.8) is 0 Å². The van der Waals surface area contributed by atoms with E-state index in [1.165, 1.54) is 0 Å². The average molecular weight is 413 g/mol.